The summed E-state index contributed by atoms with van der Waals surface area (Å²) in [4.78, 5) is 0. The summed E-state index contributed by atoms with van der Waals surface area (Å²) in [5.74, 6) is 0. The average molecular weight is 261 g/mol. The third-order valence-corrected chi connectivity index (χ3v) is 0.787. The van der Waals surface area contributed by atoms with Gasteiger partial charge in [0.25, 0.3) is 0 Å². The van der Waals surface area contributed by atoms with Crippen LogP contribution in [0, 0.1) is 36.9 Å². The van der Waals surface area contributed by atoms with Crippen LogP contribution < -0.4 is 0 Å². The maximum absolute atomic E-state index is 4.98. The normalized spacial score (nSPS) is 20.6. The van der Waals surface area contributed by atoms with Crippen molar-refractivity contribution in [2.75, 3.05) is 26.3 Å². The van der Waals surface area contributed by atoms with Crippen molar-refractivity contribution in [3.05, 3.63) is 5.32 Å². The maximum atomic E-state index is 4.98. The van der Waals surface area contributed by atoms with Crippen molar-refractivity contribution in [2.24, 2.45) is 0 Å². The summed E-state index contributed by atoms with van der Waals surface area (Å²) in [6, 6.07) is 0. The van der Waals surface area contributed by atoms with Gasteiger partial charge < -0.3 is 10.1 Å². The van der Waals surface area contributed by atoms with Crippen LogP contribution in [0.4, 0.5) is 0 Å². The van der Waals surface area contributed by atoms with E-state index < -0.39 is 0 Å². The standard InChI is InChI=1S/C4H8NO.Lu/c1-3-6-4-2-5-1;/h1-4H2;/q-1;. The zero-order valence-corrected chi connectivity index (χ0v) is 5.60. The van der Waals surface area contributed by atoms with Crippen LogP contribution in [0.1, 0.15) is 0 Å². The number of rotatable bonds is 0. The fraction of sp³-hybridized carbons (Fsp3) is 1.00. The molecular weight excluding hydrogens is 253 g/mol. The van der Waals surface area contributed by atoms with Gasteiger partial charge in [-0.05, 0) is 0 Å². The molecule has 51 valence electrons. The molecule has 0 aromatic heterocycles. The van der Waals surface area contributed by atoms with Crippen molar-refractivity contribution in [3.8, 4) is 0 Å². The summed E-state index contributed by atoms with van der Waals surface area (Å²) >= 11 is 0. The Hall–Kier alpha value is 1.15. The van der Waals surface area contributed by atoms with Gasteiger partial charge in [-0.2, -0.15) is 0 Å². The van der Waals surface area contributed by atoms with Crippen LogP contribution in [0.5, 0.6) is 0 Å². The summed E-state index contributed by atoms with van der Waals surface area (Å²) in [7, 11) is 0. The molecule has 3 heteroatoms. The minimum atomic E-state index is 0. The minimum Gasteiger partial charge on any atom is -0.659 e. The van der Waals surface area contributed by atoms with Gasteiger partial charge in [0, 0.05) is 50.1 Å². The van der Waals surface area contributed by atoms with Crippen molar-refractivity contribution in [3.63, 3.8) is 0 Å². The Bertz CT molecular complexity index is 27.2. The Balaban J connectivity index is 0.000000360. The second kappa shape index (κ2) is 5.29. The van der Waals surface area contributed by atoms with E-state index in [2.05, 4.69) is 5.32 Å². The first-order chi connectivity index (χ1) is 3.00. The van der Waals surface area contributed by atoms with Crippen molar-refractivity contribution >= 4 is 0 Å². The average Bonchev–Trinajstić information content (AvgIpc) is 1.72. The number of hydrogen-bond donors (Lipinski definition) is 0. The van der Waals surface area contributed by atoms with E-state index >= 15 is 0 Å². The van der Waals surface area contributed by atoms with E-state index in [1.54, 1.807) is 0 Å². The van der Waals surface area contributed by atoms with Gasteiger partial charge in [0.15, 0.2) is 0 Å². The number of morpholine rings is 1. The first kappa shape index (κ1) is 8.15. The molecule has 0 bridgehead atoms. The Morgan fingerprint density at radius 1 is 1.14 bits per heavy atom. The van der Waals surface area contributed by atoms with Gasteiger partial charge in [-0.3, -0.25) is 0 Å². The van der Waals surface area contributed by atoms with Gasteiger partial charge in [0.1, 0.15) is 0 Å². The van der Waals surface area contributed by atoms with Gasteiger partial charge in [-0.1, -0.05) is 0 Å². The van der Waals surface area contributed by atoms with Crippen molar-refractivity contribution < 1.29 is 41.6 Å². The molecule has 0 aromatic rings. The largest absolute Gasteiger partial charge is 0.659 e. The number of nitrogens with zero attached hydrogens (tertiary/aromatic N) is 1. The minimum absolute atomic E-state index is 0. The van der Waals surface area contributed by atoms with Crippen LogP contribution in [0.2, 0.25) is 0 Å². The van der Waals surface area contributed by atoms with E-state index in [0.717, 1.165) is 26.3 Å². The van der Waals surface area contributed by atoms with Crippen molar-refractivity contribution in [1.82, 2.24) is 0 Å². The molecule has 0 spiro atoms. The Morgan fingerprint density at radius 2 is 1.71 bits per heavy atom. The number of hydrogen-bond acceptors (Lipinski definition) is 1. The molecule has 0 atom stereocenters. The third-order valence-electron chi connectivity index (χ3n) is 0.787. The van der Waals surface area contributed by atoms with E-state index in [0.29, 0.717) is 0 Å². The van der Waals surface area contributed by atoms with Crippen molar-refractivity contribution in [1.29, 1.82) is 0 Å². The molecule has 1 fully saturated rings. The van der Waals surface area contributed by atoms with E-state index in [-0.39, 0.29) is 36.9 Å². The predicted molar refractivity (Wildman–Crippen MR) is 23.9 cm³/mol. The molecule has 1 aliphatic rings. The van der Waals surface area contributed by atoms with Gasteiger partial charge in [0.2, 0.25) is 0 Å². The van der Waals surface area contributed by atoms with Gasteiger partial charge in [-0.25, -0.2) is 0 Å². The molecule has 1 rings (SSSR count). The molecule has 1 radical (unpaired) electrons. The summed E-state index contributed by atoms with van der Waals surface area (Å²) in [6.07, 6.45) is 0. The van der Waals surface area contributed by atoms with Crippen LogP contribution in [-0.2, 0) is 4.74 Å². The molecule has 7 heavy (non-hydrogen) atoms. The molecule has 0 aliphatic carbocycles. The molecular formula is C4H8LuNO-. The van der Waals surface area contributed by atoms with Crippen LogP contribution >= 0.6 is 0 Å². The zero-order valence-electron chi connectivity index (χ0n) is 3.94. The summed E-state index contributed by atoms with van der Waals surface area (Å²) in [5, 5.41) is 4.05. The monoisotopic (exact) mass is 261 g/mol. The zero-order chi connectivity index (χ0) is 4.24. The Morgan fingerprint density at radius 3 is 1.86 bits per heavy atom. The Labute approximate surface area is 72.8 Å². The molecule has 1 aliphatic heterocycles. The van der Waals surface area contributed by atoms with Crippen LogP contribution in [0.3, 0.4) is 0 Å². The molecule has 1 saturated heterocycles. The Kier molecular flexibility index (Phi) is 6.17. The molecule has 0 amide bonds. The SMILES string of the molecule is C1COCC[N-]1.[Lu]. The molecule has 0 aromatic carbocycles. The smallest absolute Gasteiger partial charge is 0.0277 e. The molecule has 0 N–H and O–H groups in total. The maximum Gasteiger partial charge on any atom is 0.0277 e. The topological polar surface area (TPSA) is 23.3 Å². The fourth-order valence-electron chi connectivity index (χ4n) is 0.472. The van der Waals surface area contributed by atoms with Crippen LogP contribution in [-0.4, -0.2) is 26.3 Å². The van der Waals surface area contributed by atoms with E-state index in [4.69, 9.17) is 4.74 Å². The quantitative estimate of drug-likeness (QED) is 0.618. The predicted octanol–water partition coefficient (Wildman–Crippen LogP) is 0.390. The van der Waals surface area contributed by atoms with E-state index in [9.17, 15) is 0 Å². The second-order valence-corrected chi connectivity index (χ2v) is 1.28. The first-order valence-electron chi connectivity index (χ1n) is 2.21. The molecule has 0 unspecified atom stereocenters. The van der Waals surface area contributed by atoms with Gasteiger partial charge in [0.05, 0.1) is 0 Å². The van der Waals surface area contributed by atoms with Gasteiger partial charge >= 0.3 is 0 Å². The fourth-order valence-corrected chi connectivity index (χ4v) is 0.472. The first-order valence-corrected chi connectivity index (χ1v) is 2.21. The molecule has 0 saturated carbocycles. The summed E-state index contributed by atoms with van der Waals surface area (Å²) < 4.78 is 4.98. The van der Waals surface area contributed by atoms with Crippen LogP contribution in [0.25, 0.3) is 5.32 Å². The number of ether oxygens (including phenoxy) is 1. The second-order valence-electron chi connectivity index (χ2n) is 1.28. The molecule has 2 nitrogen and oxygen atoms in total. The van der Waals surface area contributed by atoms with Crippen LogP contribution in [0.15, 0.2) is 0 Å². The van der Waals surface area contributed by atoms with E-state index in [1.807, 2.05) is 0 Å². The molecule has 1 heterocycles. The van der Waals surface area contributed by atoms with Crippen molar-refractivity contribution in [2.45, 2.75) is 0 Å². The van der Waals surface area contributed by atoms with E-state index in [1.165, 1.54) is 0 Å². The third kappa shape index (κ3) is 3.71. The van der Waals surface area contributed by atoms with Gasteiger partial charge in [-0.15, -0.1) is 13.1 Å². The summed E-state index contributed by atoms with van der Waals surface area (Å²) in [6.45, 7) is 3.47. The summed E-state index contributed by atoms with van der Waals surface area (Å²) in [5.41, 5.74) is 0.